The van der Waals surface area contributed by atoms with Crippen LogP contribution in [0.1, 0.15) is 37.1 Å². The van der Waals surface area contributed by atoms with Gasteiger partial charge in [-0.05, 0) is 12.0 Å². The van der Waals surface area contributed by atoms with Crippen LogP contribution in [0, 0.1) is 0 Å². The molecule has 0 spiro atoms. The van der Waals surface area contributed by atoms with E-state index in [0.29, 0.717) is 6.04 Å². The summed E-state index contributed by atoms with van der Waals surface area (Å²) in [5, 5.41) is 3.57. The summed E-state index contributed by atoms with van der Waals surface area (Å²) in [6, 6.07) is 11.0. The van der Waals surface area contributed by atoms with Gasteiger partial charge in [-0.1, -0.05) is 43.7 Å². The fourth-order valence-corrected chi connectivity index (χ4v) is 1.98. The number of H-pyrrole nitrogens is 1. The average molecular weight is 229 g/mol. The third-order valence-electron chi connectivity index (χ3n) is 2.87. The topological polar surface area (TPSA) is 40.7 Å². The smallest absolute Gasteiger partial charge is 0.0922 e. The van der Waals surface area contributed by atoms with Crippen molar-refractivity contribution in [2.24, 2.45) is 0 Å². The minimum atomic E-state index is 0.421. The number of rotatable bonds is 6. The second kappa shape index (κ2) is 6.21. The van der Waals surface area contributed by atoms with Crippen molar-refractivity contribution in [2.75, 3.05) is 0 Å². The van der Waals surface area contributed by atoms with Gasteiger partial charge >= 0.3 is 0 Å². The molecule has 1 aromatic heterocycles. The third-order valence-corrected chi connectivity index (χ3v) is 2.87. The second-order valence-corrected chi connectivity index (χ2v) is 4.21. The number of nitrogens with one attached hydrogen (secondary N) is 2. The molecule has 0 bridgehead atoms. The van der Waals surface area contributed by atoms with Gasteiger partial charge in [0.1, 0.15) is 0 Å². The molecule has 2 aromatic rings. The van der Waals surface area contributed by atoms with Crippen LogP contribution >= 0.6 is 0 Å². The molecule has 0 aliphatic carbocycles. The SMILES string of the molecule is CCCC(NCc1cnc[nH]1)c1ccccc1. The molecule has 1 heterocycles. The number of benzene rings is 1. The van der Waals surface area contributed by atoms with Crippen molar-refractivity contribution in [1.82, 2.24) is 15.3 Å². The summed E-state index contributed by atoms with van der Waals surface area (Å²) in [6.45, 7) is 3.05. The number of nitrogens with zero attached hydrogens (tertiary/aromatic N) is 1. The molecule has 2 N–H and O–H groups in total. The molecule has 0 fully saturated rings. The molecular weight excluding hydrogens is 210 g/mol. The van der Waals surface area contributed by atoms with Gasteiger partial charge in [-0.3, -0.25) is 0 Å². The Labute approximate surface area is 102 Å². The molecular formula is C14H19N3. The van der Waals surface area contributed by atoms with Gasteiger partial charge in [0.15, 0.2) is 0 Å². The monoisotopic (exact) mass is 229 g/mol. The number of hydrogen-bond donors (Lipinski definition) is 2. The Morgan fingerprint density at radius 3 is 2.76 bits per heavy atom. The molecule has 17 heavy (non-hydrogen) atoms. The molecule has 0 saturated heterocycles. The predicted molar refractivity (Wildman–Crippen MR) is 69.5 cm³/mol. The molecule has 2 rings (SSSR count). The normalized spacial score (nSPS) is 12.5. The third kappa shape index (κ3) is 3.43. The molecule has 3 nitrogen and oxygen atoms in total. The van der Waals surface area contributed by atoms with Crippen LogP contribution in [0.5, 0.6) is 0 Å². The Hall–Kier alpha value is -1.61. The maximum Gasteiger partial charge on any atom is 0.0922 e. The molecule has 90 valence electrons. The zero-order valence-electron chi connectivity index (χ0n) is 10.2. The van der Waals surface area contributed by atoms with E-state index in [4.69, 9.17) is 0 Å². The van der Waals surface area contributed by atoms with Crippen LogP contribution < -0.4 is 5.32 Å². The van der Waals surface area contributed by atoms with Gasteiger partial charge in [0.05, 0.1) is 6.33 Å². The van der Waals surface area contributed by atoms with Crippen molar-refractivity contribution in [1.29, 1.82) is 0 Å². The maximum absolute atomic E-state index is 4.02. The number of aromatic amines is 1. The van der Waals surface area contributed by atoms with E-state index in [1.54, 1.807) is 6.33 Å². The molecule has 1 atom stereocenters. The van der Waals surface area contributed by atoms with E-state index in [1.165, 1.54) is 12.0 Å². The van der Waals surface area contributed by atoms with Crippen molar-refractivity contribution in [2.45, 2.75) is 32.4 Å². The first-order valence-corrected chi connectivity index (χ1v) is 6.15. The van der Waals surface area contributed by atoms with E-state index < -0.39 is 0 Å². The van der Waals surface area contributed by atoms with Crippen LogP contribution in [0.4, 0.5) is 0 Å². The van der Waals surface area contributed by atoms with Crippen molar-refractivity contribution < 1.29 is 0 Å². The Balaban J connectivity index is 1.98. The largest absolute Gasteiger partial charge is 0.347 e. The highest BCUT2D eigenvalue weighted by atomic mass is 15.0. The summed E-state index contributed by atoms with van der Waals surface area (Å²) in [6.07, 6.45) is 5.91. The Morgan fingerprint density at radius 2 is 2.12 bits per heavy atom. The molecule has 0 aliphatic rings. The van der Waals surface area contributed by atoms with Gasteiger partial charge in [-0.15, -0.1) is 0 Å². The first-order valence-electron chi connectivity index (χ1n) is 6.15. The van der Waals surface area contributed by atoms with Crippen LogP contribution in [0.15, 0.2) is 42.9 Å². The lowest BCUT2D eigenvalue weighted by molar-refractivity contribution is 0.490. The van der Waals surface area contributed by atoms with E-state index in [0.717, 1.165) is 18.7 Å². The Bertz CT molecular complexity index is 408. The molecule has 1 aromatic carbocycles. The highest BCUT2D eigenvalue weighted by molar-refractivity contribution is 5.18. The Kier molecular flexibility index (Phi) is 4.33. The molecule has 0 aliphatic heterocycles. The summed E-state index contributed by atoms with van der Waals surface area (Å²) in [5.74, 6) is 0. The molecule has 0 amide bonds. The van der Waals surface area contributed by atoms with Crippen LogP contribution in [-0.2, 0) is 6.54 Å². The summed E-state index contributed by atoms with van der Waals surface area (Å²) < 4.78 is 0. The van der Waals surface area contributed by atoms with Crippen LogP contribution in [0.25, 0.3) is 0 Å². The summed E-state index contributed by atoms with van der Waals surface area (Å²) in [5.41, 5.74) is 2.48. The average Bonchev–Trinajstić information content (AvgIpc) is 2.88. The molecule has 0 saturated carbocycles. The lowest BCUT2D eigenvalue weighted by Gasteiger charge is -2.18. The number of imidazole rings is 1. The van der Waals surface area contributed by atoms with Gasteiger partial charge in [0.25, 0.3) is 0 Å². The van der Waals surface area contributed by atoms with Crippen molar-refractivity contribution in [3.05, 3.63) is 54.1 Å². The minimum absolute atomic E-state index is 0.421. The fraction of sp³-hybridized carbons (Fsp3) is 0.357. The summed E-state index contributed by atoms with van der Waals surface area (Å²) in [4.78, 5) is 7.14. The summed E-state index contributed by atoms with van der Waals surface area (Å²) >= 11 is 0. The first-order chi connectivity index (χ1) is 8.40. The highest BCUT2D eigenvalue weighted by Crippen LogP contribution is 2.18. The lowest BCUT2D eigenvalue weighted by atomic mass is 10.0. The van der Waals surface area contributed by atoms with Crippen LogP contribution in [0.3, 0.4) is 0 Å². The van der Waals surface area contributed by atoms with E-state index in [9.17, 15) is 0 Å². The fourth-order valence-electron chi connectivity index (χ4n) is 1.98. The lowest BCUT2D eigenvalue weighted by Crippen LogP contribution is -2.20. The van der Waals surface area contributed by atoms with Gasteiger partial charge in [-0.25, -0.2) is 4.98 Å². The van der Waals surface area contributed by atoms with Crippen molar-refractivity contribution >= 4 is 0 Å². The van der Waals surface area contributed by atoms with Crippen LogP contribution in [0.2, 0.25) is 0 Å². The quantitative estimate of drug-likeness (QED) is 0.799. The van der Waals surface area contributed by atoms with Gasteiger partial charge in [0.2, 0.25) is 0 Å². The van der Waals surface area contributed by atoms with Crippen molar-refractivity contribution in [3.8, 4) is 0 Å². The van der Waals surface area contributed by atoms with Gasteiger partial charge in [-0.2, -0.15) is 0 Å². The van der Waals surface area contributed by atoms with E-state index in [2.05, 4.69) is 52.5 Å². The Morgan fingerprint density at radius 1 is 1.29 bits per heavy atom. The molecule has 1 unspecified atom stereocenters. The number of hydrogen-bond acceptors (Lipinski definition) is 2. The van der Waals surface area contributed by atoms with Crippen LogP contribution in [-0.4, -0.2) is 9.97 Å². The predicted octanol–water partition coefficient (Wildman–Crippen LogP) is 3.04. The molecule has 0 radical (unpaired) electrons. The van der Waals surface area contributed by atoms with Crippen molar-refractivity contribution in [3.63, 3.8) is 0 Å². The number of aromatic nitrogens is 2. The molecule has 3 heteroatoms. The minimum Gasteiger partial charge on any atom is -0.347 e. The first kappa shape index (κ1) is 11.9. The zero-order chi connectivity index (χ0) is 11.9. The van der Waals surface area contributed by atoms with Gasteiger partial charge in [0, 0.05) is 24.5 Å². The zero-order valence-corrected chi connectivity index (χ0v) is 10.2. The van der Waals surface area contributed by atoms with E-state index >= 15 is 0 Å². The highest BCUT2D eigenvalue weighted by Gasteiger charge is 2.09. The van der Waals surface area contributed by atoms with Gasteiger partial charge < -0.3 is 10.3 Å². The van der Waals surface area contributed by atoms with E-state index in [-0.39, 0.29) is 0 Å². The van der Waals surface area contributed by atoms with E-state index in [1.807, 2.05) is 6.20 Å². The maximum atomic E-state index is 4.02. The standard InChI is InChI=1S/C14H19N3/c1-2-6-14(12-7-4-3-5-8-12)16-10-13-9-15-11-17-13/h3-5,7-9,11,14,16H,2,6,10H2,1H3,(H,15,17). The summed E-state index contributed by atoms with van der Waals surface area (Å²) in [7, 11) is 0. The second-order valence-electron chi connectivity index (χ2n) is 4.21.